The smallest absolute Gasteiger partial charge is 0.334 e. The maximum Gasteiger partial charge on any atom is 0.334 e. The molecule has 74 valence electrons. The van der Waals surface area contributed by atoms with E-state index in [-0.39, 0.29) is 5.57 Å². The van der Waals surface area contributed by atoms with Crippen LogP contribution in [0.3, 0.4) is 0 Å². The molecule has 1 N–H and O–H groups in total. The van der Waals surface area contributed by atoms with Gasteiger partial charge in [0.25, 0.3) is 0 Å². The van der Waals surface area contributed by atoms with Crippen molar-refractivity contribution in [3.8, 4) is 0 Å². The molecule has 0 aromatic carbocycles. The Kier molecular flexibility index (Phi) is 3.23. The molecule has 0 bridgehead atoms. The molecule has 0 fully saturated rings. The van der Waals surface area contributed by atoms with Gasteiger partial charge in [0.2, 0.25) is 0 Å². The minimum atomic E-state index is -1.07. The van der Waals surface area contributed by atoms with Crippen molar-refractivity contribution < 1.29 is 19.4 Å². The van der Waals surface area contributed by atoms with Crippen LogP contribution >= 0.6 is 0 Å². The summed E-state index contributed by atoms with van der Waals surface area (Å²) in [7, 11) is 1.22. The molecular formula is C10H10O4. The first-order valence-corrected chi connectivity index (χ1v) is 4.03. The van der Waals surface area contributed by atoms with Crippen molar-refractivity contribution >= 4 is 11.9 Å². The molecule has 4 heteroatoms. The van der Waals surface area contributed by atoms with Crippen LogP contribution in [-0.4, -0.2) is 24.2 Å². The maximum atomic E-state index is 11.2. The summed E-state index contributed by atoms with van der Waals surface area (Å²) in [5, 5.41) is 8.85. The van der Waals surface area contributed by atoms with E-state index >= 15 is 0 Å². The quantitative estimate of drug-likeness (QED) is 0.664. The highest BCUT2D eigenvalue weighted by molar-refractivity contribution is 5.96. The molecule has 1 rings (SSSR count). The van der Waals surface area contributed by atoms with E-state index in [2.05, 4.69) is 4.74 Å². The fourth-order valence-corrected chi connectivity index (χ4v) is 1.13. The standard InChI is InChI=1S/C10H10O4/c1-14-10(13)8-6-4-2-3-5-7(8)9(11)12/h2-7H,1H3,(H,11,12). The number of ether oxygens (including phenoxy) is 1. The van der Waals surface area contributed by atoms with E-state index in [4.69, 9.17) is 5.11 Å². The molecule has 0 radical (unpaired) electrons. The highest BCUT2D eigenvalue weighted by Gasteiger charge is 2.25. The molecule has 1 atom stereocenters. The van der Waals surface area contributed by atoms with Crippen LogP contribution in [0.5, 0.6) is 0 Å². The van der Waals surface area contributed by atoms with Crippen LogP contribution in [0.2, 0.25) is 0 Å². The van der Waals surface area contributed by atoms with Gasteiger partial charge in [-0.2, -0.15) is 0 Å². The van der Waals surface area contributed by atoms with Gasteiger partial charge in [-0.1, -0.05) is 30.4 Å². The fourth-order valence-electron chi connectivity index (χ4n) is 1.13. The summed E-state index contributed by atoms with van der Waals surface area (Å²) in [4.78, 5) is 22.0. The molecule has 1 aliphatic carbocycles. The second-order valence-corrected chi connectivity index (χ2v) is 2.70. The lowest BCUT2D eigenvalue weighted by molar-refractivity contribution is -0.143. The van der Waals surface area contributed by atoms with E-state index in [0.29, 0.717) is 0 Å². The van der Waals surface area contributed by atoms with Gasteiger partial charge < -0.3 is 9.84 Å². The van der Waals surface area contributed by atoms with Crippen LogP contribution < -0.4 is 0 Å². The van der Waals surface area contributed by atoms with Crippen LogP contribution in [0.4, 0.5) is 0 Å². The number of aliphatic carboxylic acids is 1. The van der Waals surface area contributed by atoms with E-state index in [1.807, 2.05) is 0 Å². The van der Waals surface area contributed by atoms with Crippen LogP contribution in [0.25, 0.3) is 0 Å². The summed E-state index contributed by atoms with van der Waals surface area (Å²) in [5.41, 5.74) is 0.130. The van der Waals surface area contributed by atoms with Gasteiger partial charge in [-0.3, -0.25) is 4.79 Å². The SMILES string of the molecule is COC(=O)C1=CC=CC=CC1C(=O)O. The first-order chi connectivity index (χ1) is 6.66. The lowest BCUT2D eigenvalue weighted by Crippen LogP contribution is -2.20. The van der Waals surface area contributed by atoms with Gasteiger partial charge >= 0.3 is 11.9 Å². The second kappa shape index (κ2) is 4.41. The fraction of sp³-hybridized carbons (Fsp3) is 0.200. The molecule has 1 aliphatic rings. The lowest BCUT2D eigenvalue weighted by atomic mass is 9.99. The van der Waals surface area contributed by atoms with Gasteiger partial charge in [0.1, 0.15) is 5.92 Å². The number of carboxylic acids is 1. The third-order valence-corrected chi connectivity index (χ3v) is 1.82. The Hall–Kier alpha value is -1.84. The number of carbonyl (C=O) groups is 2. The lowest BCUT2D eigenvalue weighted by Gasteiger charge is -2.08. The Balaban J connectivity index is 3.02. The largest absolute Gasteiger partial charge is 0.481 e. The van der Waals surface area contributed by atoms with E-state index in [0.717, 1.165) is 0 Å². The highest BCUT2D eigenvalue weighted by Crippen LogP contribution is 2.17. The van der Waals surface area contributed by atoms with Crippen molar-refractivity contribution in [2.24, 2.45) is 5.92 Å². The molecule has 0 amide bonds. The van der Waals surface area contributed by atoms with E-state index in [1.165, 1.54) is 19.3 Å². The molecule has 0 aromatic heterocycles. The van der Waals surface area contributed by atoms with Crippen LogP contribution in [-0.2, 0) is 14.3 Å². The molecule has 0 aromatic rings. The molecule has 14 heavy (non-hydrogen) atoms. The van der Waals surface area contributed by atoms with E-state index < -0.39 is 17.9 Å². The molecule has 0 spiro atoms. The number of hydrogen-bond donors (Lipinski definition) is 1. The molecule has 1 unspecified atom stereocenters. The number of carboxylic acid groups (broad SMARTS) is 1. The van der Waals surface area contributed by atoms with Crippen LogP contribution in [0.15, 0.2) is 36.0 Å². The molecule has 0 saturated carbocycles. The number of esters is 1. The first kappa shape index (κ1) is 10.2. The predicted molar refractivity (Wildman–Crippen MR) is 49.5 cm³/mol. The van der Waals surface area contributed by atoms with Gasteiger partial charge in [0.15, 0.2) is 0 Å². The van der Waals surface area contributed by atoms with Crippen molar-refractivity contribution in [2.75, 3.05) is 7.11 Å². The van der Waals surface area contributed by atoms with Crippen LogP contribution in [0, 0.1) is 5.92 Å². The van der Waals surface area contributed by atoms with Gasteiger partial charge in [-0.25, -0.2) is 4.79 Å². The van der Waals surface area contributed by atoms with Gasteiger partial charge in [0.05, 0.1) is 12.7 Å². The van der Waals surface area contributed by atoms with Gasteiger partial charge in [-0.15, -0.1) is 0 Å². The maximum absolute atomic E-state index is 11.2. The van der Waals surface area contributed by atoms with Crippen molar-refractivity contribution in [1.82, 2.24) is 0 Å². The molecule has 4 nitrogen and oxygen atoms in total. The molecule has 0 saturated heterocycles. The zero-order chi connectivity index (χ0) is 10.6. The van der Waals surface area contributed by atoms with Crippen LogP contribution in [0.1, 0.15) is 0 Å². The van der Waals surface area contributed by atoms with E-state index in [1.54, 1.807) is 18.2 Å². The highest BCUT2D eigenvalue weighted by atomic mass is 16.5. The summed E-state index contributed by atoms with van der Waals surface area (Å²) in [6.45, 7) is 0. The third-order valence-electron chi connectivity index (χ3n) is 1.82. The van der Waals surface area contributed by atoms with Gasteiger partial charge in [0, 0.05) is 0 Å². The number of carbonyl (C=O) groups excluding carboxylic acids is 1. The van der Waals surface area contributed by atoms with Crippen molar-refractivity contribution in [3.05, 3.63) is 36.0 Å². The number of methoxy groups -OCH3 is 1. The normalized spacial score (nSPS) is 19.8. The first-order valence-electron chi connectivity index (χ1n) is 4.03. The number of rotatable bonds is 2. The minimum Gasteiger partial charge on any atom is -0.481 e. The zero-order valence-corrected chi connectivity index (χ0v) is 7.64. The minimum absolute atomic E-state index is 0.130. The zero-order valence-electron chi connectivity index (χ0n) is 7.64. The van der Waals surface area contributed by atoms with Crippen molar-refractivity contribution in [1.29, 1.82) is 0 Å². The second-order valence-electron chi connectivity index (χ2n) is 2.70. The molecule has 0 aliphatic heterocycles. The Morgan fingerprint density at radius 2 is 2.07 bits per heavy atom. The molecular weight excluding hydrogens is 184 g/mol. The van der Waals surface area contributed by atoms with Gasteiger partial charge in [-0.05, 0) is 0 Å². The van der Waals surface area contributed by atoms with Crippen molar-refractivity contribution in [3.63, 3.8) is 0 Å². The third kappa shape index (κ3) is 2.10. The van der Waals surface area contributed by atoms with Crippen molar-refractivity contribution in [2.45, 2.75) is 0 Å². The Labute approximate surface area is 81.2 Å². The Morgan fingerprint density at radius 3 is 2.64 bits per heavy atom. The summed E-state index contributed by atoms with van der Waals surface area (Å²) >= 11 is 0. The summed E-state index contributed by atoms with van der Waals surface area (Å²) in [5.74, 6) is -2.62. The average Bonchev–Trinajstić information content (AvgIpc) is 2.41. The summed E-state index contributed by atoms with van der Waals surface area (Å²) < 4.78 is 4.49. The molecule has 0 heterocycles. The summed E-state index contributed by atoms with van der Waals surface area (Å²) in [6.07, 6.45) is 7.74. The Bertz CT molecular complexity index is 336. The average molecular weight is 194 g/mol. The van der Waals surface area contributed by atoms with E-state index in [9.17, 15) is 9.59 Å². The Morgan fingerprint density at radius 1 is 1.36 bits per heavy atom. The predicted octanol–water partition coefficient (Wildman–Crippen LogP) is 0.913. The topological polar surface area (TPSA) is 63.6 Å². The number of allylic oxidation sites excluding steroid dienone is 4. The monoisotopic (exact) mass is 194 g/mol. The summed E-state index contributed by atoms with van der Waals surface area (Å²) in [6, 6.07) is 0. The number of hydrogen-bond acceptors (Lipinski definition) is 3.